The van der Waals surface area contributed by atoms with Gasteiger partial charge in [-0.25, -0.2) is 8.78 Å². The van der Waals surface area contributed by atoms with Crippen LogP contribution in [0.3, 0.4) is 0 Å². The van der Waals surface area contributed by atoms with Crippen LogP contribution < -0.4 is 5.32 Å². The quantitative estimate of drug-likeness (QED) is 0.886. The van der Waals surface area contributed by atoms with Gasteiger partial charge in [0, 0.05) is 17.0 Å². The first-order chi connectivity index (χ1) is 9.13. The second kappa shape index (κ2) is 6.43. The summed E-state index contributed by atoms with van der Waals surface area (Å²) in [5.41, 5.74) is -0.155. The minimum Gasteiger partial charge on any atom is -0.394 e. The van der Waals surface area contributed by atoms with Gasteiger partial charge in [-0.15, -0.1) is 11.3 Å². The van der Waals surface area contributed by atoms with Crippen LogP contribution >= 0.6 is 22.9 Å². The maximum Gasteiger partial charge on any atom is 0.131 e. The zero-order chi connectivity index (χ0) is 13.8. The van der Waals surface area contributed by atoms with Crippen LogP contribution in [-0.4, -0.2) is 11.7 Å². The van der Waals surface area contributed by atoms with Crippen molar-refractivity contribution in [1.29, 1.82) is 0 Å². The number of hydrogen-bond donors (Lipinski definition) is 2. The first kappa shape index (κ1) is 14.4. The molecule has 0 radical (unpaired) electrons. The minimum atomic E-state index is -0.806. The molecule has 0 bridgehead atoms. The van der Waals surface area contributed by atoms with Crippen molar-refractivity contribution in [1.82, 2.24) is 5.32 Å². The van der Waals surface area contributed by atoms with Gasteiger partial charge in [-0.05, 0) is 23.6 Å². The van der Waals surface area contributed by atoms with E-state index >= 15 is 0 Å². The molecule has 0 fully saturated rings. The van der Waals surface area contributed by atoms with Crippen molar-refractivity contribution < 1.29 is 13.9 Å². The number of benzene rings is 1. The summed E-state index contributed by atoms with van der Waals surface area (Å²) in [6.45, 7) is -0.0592. The highest BCUT2D eigenvalue weighted by Gasteiger charge is 2.19. The van der Waals surface area contributed by atoms with Gasteiger partial charge in [0.15, 0.2) is 0 Å². The van der Waals surface area contributed by atoms with Gasteiger partial charge >= 0.3 is 0 Å². The lowest BCUT2D eigenvalue weighted by Gasteiger charge is -2.17. The molecule has 102 valence electrons. The molecule has 6 heteroatoms. The number of aliphatic hydroxyl groups is 1. The lowest BCUT2D eigenvalue weighted by atomic mass is 10.1. The van der Waals surface area contributed by atoms with E-state index in [0.29, 0.717) is 11.6 Å². The summed E-state index contributed by atoms with van der Waals surface area (Å²) in [4.78, 5) is 0.858. The Morgan fingerprint density at radius 1 is 1.26 bits per heavy atom. The van der Waals surface area contributed by atoms with Crippen LogP contribution in [0.15, 0.2) is 29.6 Å². The van der Waals surface area contributed by atoms with Gasteiger partial charge in [0.05, 0.1) is 17.7 Å². The normalized spacial score (nSPS) is 12.6. The van der Waals surface area contributed by atoms with Crippen molar-refractivity contribution >= 4 is 22.9 Å². The number of halogens is 3. The third-order valence-corrected chi connectivity index (χ3v) is 4.12. The molecule has 0 aliphatic rings. The Morgan fingerprint density at radius 2 is 1.95 bits per heavy atom. The van der Waals surface area contributed by atoms with Crippen LogP contribution in [0.5, 0.6) is 0 Å². The van der Waals surface area contributed by atoms with Gasteiger partial charge in [-0.2, -0.15) is 0 Å². The van der Waals surface area contributed by atoms with E-state index in [1.165, 1.54) is 29.5 Å². The molecule has 19 heavy (non-hydrogen) atoms. The molecule has 1 unspecified atom stereocenters. The Bertz CT molecular complexity index is 541. The molecule has 1 atom stereocenters. The largest absolute Gasteiger partial charge is 0.394 e. The average molecular weight is 304 g/mol. The molecule has 2 nitrogen and oxygen atoms in total. The Kier molecular flexibility index (Phi) is 4.87. The molecule has 0 amide bonds. The first-order valence-corrected chi connectivity index (χ1v) is 6.89. The predicted molar refractivity (Wildman–Crippen MR) is 72.4 cm³/mol. The van der Waals surface area contributed by atoms with Crippen molar-refractivity contribution in [3.05, 3.63) is 56.7 Å². The molecule has 1 heterocycles. The van der Waals surface area contributed by atoms with E-state index in [4.69, 9.17) is 11.6 Å². The van der Waals surface area contributed by atoms with Gasteiger partial charge in [-0.1, -0.05) is 17.7 Å². The van der Waals surface area contributed by atoms with Crippen molar-refractivity contribution in [3.63, 3.8) is 0 Å². The lowest BCUT2D eigenvalue weighted by molar-refractivity contribution is 0.237. The van der Waals surface area contributed by atoms with Crippen molar-refractivity contribution in [2.75, 3.05) is 6.61 Å². The number of hydrogen-bond acceptors (Lipinski definition) is 3. The first-order valence-electron chi connectivity index (χ1n) is 5.63. The second-order valence-corrected chi connectivity index (χ2v) is 5.35. The predicted octanol–water partition coefficient (Wildman–Crippen LogP) is 3.50. The van der Waals surface area contributed by atoms with E-state index in [9.17, 15) is 13.9 Å². The molecule has 0 aliphatic heterocycles. The summed E-state index contributed by atoms with van der Waals surface area (Å²) in [5, 5.41) is 14.6. The second-order valence-electron chi connectivity index (χ2n) is 3.94. The standard InChI is InChI=1S/C13H12ClF2NOS/c14-8-4-5-19-12(8)6-17-11(7-18)13-9(15)2-1-3-10(13)16/h1-5,11,17-18H,6-7H2. The minimum absolute atomic E-state index is 0.155. The van der Waals surface area contributed by atoms with Crippen LogP contribution in [0.1, 0.15) is 16.5 Å². The highest BCUT2D eigenvalue weighted by molar-refractivity contribution is 7.10. The van der Waals surface area contributed by atoms with Crippen molar-refractivity contribution in [2.45, 2.75) is 12.6 Å². The third-order valence-electron chi connectivity index (χ3n) is 2.73. The van der Waals surface area contributed by atoms with Crippen LogP contribution in [0.4, 0.5) is 8.78 Å². The summed E-state index contributed by atoms with van der Waals surface area (Å²) >= 11 is 7.38. The van der Waals surface area contributed by atoms with Crippen LogP contribution in [0, 0.1) is 11.6 Å². The molecule has 0 spiro atoms. The monoisotopic (exact) mass is 303 g/mol. The fourth-order valence-electron chi connectivity index (χ4n) is 1.77. The summed E-state index contributed by atoms with van der Waals surface area (Å²) in [5.74, 6) is -1.35. The highest BCUT2D eigenvalue weighted by Crippen LogP contribution is 2.24. The van der Waals surface area contributed by atoms with Gasteiger partial charge in [0.1, 0.15) is 11.6 Å². The van der Waals surface area contributed by atoms with Crippen LogP contribution in [0.2, 0.25) is 5.02 Å². The molecule has 1 aromatic heterocycles. The number of thiophene rings is 1. The number of nitrogens with one attached hydrogen (secondary N) is 1. The Morgan fingerprint density at radius 3 is 2.47 bits per heavy atom. The van der Waals surface area contributed by atoms with E-state index in [0.717, 1.165) is 4.88 Å². The molecule has 1 aromatic carbocycles. The summed E-state index contributed by atoms with van der Waals surface area (Å²) in [6.07, 6.45) is 0. The van der Waals surface area contributed by atoms with E-state index in [1.54, 1.807) is 6.07 Å². The SMILES string of the molecule is OCC(NCc1sccc1Cl)c1c(F)cccc1F. The van der Waals surface area contributed by atoms with Crippen LogP contribution in [-0.2, 0) is 6.54 Å². The smallest absolute Gasteiger partial charge is 0.131 e. The molecule has 0 saturated heterocycles. The molecule has 2 N–H and O–H groups in total. The molecular formula is C13H12ClF2NOS. The van der Waals surface area contributed by atoms with Gasteiger partial charge in [0.2, 0.25) is 0 Å². The van der Waals surface area contributed by atoms with Crippen LogP contribution in [0.25, 0.3) is 0 Å². The molecule has 0 aliphatic carbocycles. The zero-order valence-electron chi connectivity index (χ0n) is 9.87. The summed E-state index contributed by atoms with van der Waals surface area (Å²) < 4.78 is 27.2. The van der Waals surface area contributed by atoms with Crippen molar-refractivity contribution in [3.8, 4) is 0 Å². The summed E-state index contributed by atoms with van der Waals surface area (Å²) in [7, 11) is 0. The van der Waals surface area contributed by atoms with Crippen molar-refractivity contribution in [2.24, 2.45) is 0 Å². The van der Waals surface area contributed by atoms with Gasteiger partial charge in [0.25, 0.3) is 0 Å². The molecule has 0 saturated carbocycles. The number of aliphatic hydroxyl groups excluding tert-OH is 1. The molecular weight excluding hydrogens is 292 g/mol. The zero-order valence-corrected chi connectivity index (χ0v) is 11.4. The Hall–Kier alpha value is -1.01. The fraction of sp³-hybridized carbons (Fsp3) is 0.231. The van der Waals surface area contributed by atoms with E-state index < -0.39 is 24.3 Å². The molecule has 2 rings (SSSR count). The van der Waals surface area contributed by atoms with E-state index in [-0.39, 0.29) is 5.56 Å². The maximum atomic E-state index is 13.6. The number of rotatable bonds is 5. The molecule has 2 aromatic rings. The highest BCUT2D eigenvalue weighted by atomic mass is 35.5. The fourth-order valence-corrected chi connectivity index (χ4v) is 2.82. The average Bonchev–Trinajstić information content (AvgIpc) is 2.78. The van der Waals surface area contributed by atoms with Gasteiger partial charge < -0.3 is 10.4 Å². The topological polar surface area (TPSA) is 32.3 Å². The Labute approximate surface area is 118 Å². The Balaban J connectivity index is 2.15. The summed E-state index contributed by atoms with van der Waals surface area (Å²) in [6, 6.07) is 4.57. The van der Waals surface area contributed by atoms with E-state index in [1.807, 2.05) is 5.38 Å². The third kappa shape index (κ3) is 3.30. The van der Waals surface area contributed by atoms with Gasteiger partial charge in [-0.3, -0.25) is 0 Å². The maximum absolute atomic E-state index is 13.6. The lowest BCUT2D eigenvalue weighted by Crippen LogP contribution is -2.25. The van der Waals surface area contributed by atoms with E-state index in [2.05, 4.69) is 5.32 Å².